The van der Waals surface area contributed by atoms with Crippen LogP contribution in [0, 0.1) is 5.92 Å². The lowest BCUT2D eigenvalue weighted by atomic mass is 9.78. The smallest absolute Gasteiger partial charge is 0.387 e. The fraction of sp³-hybridized carbons (Fsp3) is 0.611. The highest BCUT2D eigenvalue weighted by molar-refractivity contribution is 7.13. The molecular formula is C18H23N3O3S. The monoisotopic (exact) mass is 361 g/mol. The molecule has 0 aromatic carbocycles. The first-order valence-corrected chi connectivity index (χ1v) is 10.0. The van der Waals surface area contributed by atoms with E-state index in [9.17, 15) is 9.59 Å². The number of hydrogen-bond acceptors (Lipinski definition) is 5. The lowest BCUT2D eigenvalue weighted by molar-refractivity contribution is -0.137. The molecule has 3 heterocycles. The zero-order valence-electron chi connectivity index (χ0n) is 14.2. The van der Waals surface area contributed by atoms with Gasteiger partial charge in [-0.25, -0.2) is 4.79 Å². The van der Waals surface area contributed by atoms with Gasteiger partial charge in [0.25, 0.3) is 5.89 Å². The fourth-order valence-corrected chi connectivity index (χ4v) is 4.87. The molecule has 2 aromatic heterocycles. The minimum Gasteiger partial charge on any atom is -0.387 e. The van der Waals surface area contributed by atoms with E-state index in [0.29, 0.717) is 24.3 Å². The lowest BCUT2D eigenvalue weighted by Crippen LogP contribution is -2.49. The van der Waals surface area contributed by atoms with Gasteiger partial charge >= 0.3 is 5.76 Å². The van der Waals surface area contributed by atoms with Crippen LogP contribution >= 0.6 is 11.3 Å². The predicted octanol–water partition coefficient (Wildman–Crippen LogP) is 3.14. The second-order valence-corrected chi connectivity index (χ2v) is 7.91. The van der Waals surface area contributed by atoms with Gasteiger partial charge in [-0.05, 0) is 43.0 Å². The Bertz CT molecular complexity index is 778. The van der Waals surface area contributed by atoms with Gasteiger partial charge in [0.05, 0.1) is 11.4 Å². The average molecular weight is 361 g/mol. The van der Waals surface area contributed by atoms with Gasteiger partial charge in [0, 0.05) is 19.0 Å². The molecule has 2 aliphatic rings. The Balaban J connectivity index is 1.41. The number of rotatable bonds is 4. The van der Waals surface area contributed by atoms with E-state index in [2.05, 4.69) is 10.00 Å². The standard InChI is InChI=1S/C18H23N3O3S/c22-16(20-10-3-6-13-5-1-2-7-14(13)20)9-11-21-18(23)24-17(19-21)15-8-4-12-25-15/h4,8,12-14H,1-3,5-7,9-11H2/t13-,14+/m1/s1. The van der Waals surface area contributed by atoms with E-state index in [4.69, 9.17) is 4.42 Å². The minimum atomic E-state index is -0.495. The van der Waals surface area contributed by atoms with E-state index in [1.807, 2.05) is 17.5 Å². The summed E-state index contributed by atoms with van der Waals surface area (Å²) in [6.07, 6.45) is 7.55. The topological polar surface area (TPSA) is 68.3 Å². The summed E-state index contributed by atoms with van der Waals surface area (Å²) in [6, 6.07) is 4.16. The van der Waals surface area contributed by atoms with Gasteiger partial charge in [-0.15, -0.1) is 16.4 Å². The summed E-state index contributed by atoms with van der Waals surface area (Å²) in [5.74, 6) is 0.652. The van der Waals surface area contributed by atoms with Crippen LogP contribution in [0.15, 0.2) is 26.7 Å². The number of nitrogens with zero attached hydrogens (tertiary/aromatic N) is 3. The molecule has 0 radical (unpaired) electrons. The third-order valence-electron chi connectivity index (χ3n) is 5.44. The Labute approximate surface area is 150 Å². The molecule has 1 aliphatic heterocycles. The Hall–Kier alpha value is -1.89. The number of piperidine rings is 1. The number of fused-ring (bicyclic) bond motifs is 1. The van der Waals surface area contributed by atoms with Gasteiger partial charge in [-0.3, -0.25) is 4.79 Å². The molecule has 0 spiro atoms. The number of hydrogen-bond donors (Lipinski definition) is 0. The van der Waals surface area contributed by atoms with Gasteiger partial charge in [0.1, 0.15) is 0 Å². The molecule has 4 rings (SSSR count). The molecular weight excluding hydrogens is 338 g/mol. The second-order valence-electron chi connectivity index (χ2n) is 6.96. The van der Waals surface area contributed by atoms with Crippen molar-refractivity contribution in [2.45, 2.75) is 57.5 Å². The van der Waals surface area contributed by atoms with Crippen LogP contribution in [0.2, 0.25) is 0 Å². The van der Waals surface area contributed by atoms with Gasteiger partial charge in [-0.1, -0.05) is 18.9 Å². The van der Waals surface area contributed by atoms with Crippen LogP contribution in [0.4, 0.5) is 0 Å². The summed E-state index contributed by atoms with van der Waals surface area (Å²) in [7, 11) is 0. The van der Waals surface area contributed by atoms with Crippen LogP contribution in [-0.2, 0) is 11.3 Å². The van der Waals surface area contributed by atoms with Crippen molar-refractivity contribution in [2.24, 2.45) is 5.92 Å². The molecule has 2 atom stereocenters. The maximum absolute atomic E-state index is 12.7. The van der Waals surface area contributed by atoms with Crippen LogP contribution in [0.3, 0.4) is 0 Å². The first-order chi connectivity index (χ1) is 12.2. The number of carbonyl (C=O) groups excluding carboxylic acids is 1. The molecule has 25 heavy (non-hydrogen) atoms. The molecule has 1 saturated carbocycles. The third-order valence-corrected chi connectivity index (χ3v) is 6.30. The average Bonchev–Trinajstić information content (AvgIpc) is 3.29. The summed E-state index contributed by atoms with van der Waals surface area (Å²) in [6.45, 7) is 1.13. The number of carbonyl (C=O) groups is 1. The van der Waals surface area contributed by atoms with Crippen molar-refractivity contribution in [1.82, 2.24) is 14.7 Å². The van der Waals surface area contributed by atoms with E-state index >= 15 is 0 Å². The highest BCUT2D eigenvalue weighted by atomic mass is 32.1. The molecule has 1 saturated heterocycles. The van der Waals surface area contributed by atoms with E-state index in [1.54, 1.807) is 0 Å². The lowest BCUT2D eigenvalue weighted by Gasteiger charge is -2.44. The Morgan fingerprint density at radius 3 is 2.96 bits per heavy atom. The fourth-order valence-electron chi connectivity index (χ4n) is 4.23. The number of amides is 1. The summed E-state index contributed by atoms with van der Waals surface area (Å²) in [4.78, 5) is 27.6. The van der Waals surface area contributed by atoms with Crippen LogP contribution < -0.4 is 5.76 Å². The molecule has 2 aromatic rings. The molecule has 7 heteroatoms. The molecule has 0 bridgehead atoms. The van der Waals surface area contributed by atoms with Crippen LogP contribution in [0.25, 0.3) is 10.8 Å². The number of aryl methyl sites for hydroxylation is 1. The zero-order valence-corrected chi connectivity index (χ0v) is 15.0. The van der Waals surface area contributed by atoms with Crippen molar-refractivity contribution < 1.29 is 9.21 Å². The summed E-state index contributed by atoms with van der Waals surface area (Å²) in [5, 5.41) is 6.14. The summed E-state index contributed by atoms with van der Waals surface area (Å²) >= 11 is 1.47. The highest BCUT2D eigenvalue weighted by Gasteiger charge is 2.35. The summed E-state index contributed by atoms with van der Waals surface area (Å²) < 4.78 is 6.48. The van der Waals surface area contributed by atoms with Crippen LogP contribution in [0.1, 0.15) is 44.9 Å². The number of aromatic nitrogens is 2. The van der Waals surface area contributed by atoms with Crippen LogP contribution in [0.5, 0.6) is 0 Å². The predicted molar refractivity (Wildman–Crippen MR) is 95.4 cm³/mol. The molecule has 1 amide bonds. The Kier molecular flexibility index (Phi) is 4.74. The molecule has 2 fully saturated rings. The molecule has 0 unspecified atom stereocenters. The van der Waals surface area contributed by atoms with Gasteiger partial charge in [-0.2, -0.15) is 4.68 Å². The van der Waals surface area contributed by atoms with Gasteiger partial charge < -0.3 is 9.32 Å². The van der Waals surface area contributed by atoms with E-state index in [1.165, 1.54) is 41.7 Å². The van der Waals surface area contributed by atoms with Crippen LogP contribution in [-0.4, -0.2) is 33.2 Å². The third kappa shape index (κ3) is 3.42. The van der Waals surface area contributed by atoms with Crippen molar-refractivity contribution in [3.05, 3.63) is 28.1 Å². The Morgan fingerprint density at radius 2 is 2.12 bits per heavy atom. The zero-order chi connectivity index (χ0) is 17.2. The van der Waals surface area contributed by atoms with Gasteiger partial charge in [0.2, 0.25) is 5.91 Å². The quantitative estimate of drug-likeness (QED) is 0.839. The Morgan fingerprint density at radius 1 is 1.28 bits per heavy atom. The highest BCUT2D eigenvalue weighted by Crippen LogP contribution is 2.35. The number of thiophene rings is 1. The minimum absolute atomic E-state index is 0.143. The van der Waals surface area contributed by atoms with E-state index in [0.717, 1.165) is 24.3 Å². The maximum atomic E-state index is 12.7. The van der Waals surface area contributed by atoms with E-state index < -0.39 is 5.76 Å². The first kappa shape index (κ1) is 16.6. The first-order valence-electron chi connectivity index (χ1n) is 9.13. The largest absolute Gasteiger partial charge is 0.437 e. The SMILES string of the molecule is O=C(CCn1nc(-c2cccs2)oc1=O)N1CCC[C@H]2CCCC[C@@H]21. The van der Waals surface area contributed by atoms with Crippen molar-refractivity contribution in [2.75, 3.05) is 6.54 Å². The van der Waals surface area contributed by atoms with E-state index in [-0.39, 0.29) is 12.5 Å². The van der Waals surface area contributed by atoms with Gasteiger partial charge in [0.15, 0.2) is 0 Å². The van der Waals surface area contributed by atoms with Crippen molar-refractivity contribution >= 4 is 17.2 Å². The van der Waals surface area contributed by atoms with Crippen molar-refractivity contribution in [3.8, 4) is 10.8 Å². The number of likely N-dealkylation sites (tertiary alicyclic amines) is 1. The summed E-state index contributed by atoms with van der Waals surface area (Å²) in [5.41, 5.74) is 0. The second kappa shape index (κ2) is 7.15. The molecule has 6 nitrogen and oxygen atoms in total. The molecule has 134 valence electrons. The van der Waals surface area contributed by atoms with Crippen molar-refractivity contribution in [1.29, 1.82) is 0 Å². The normalized spacial score (nSPS) is 23.4. The maximum Gasteiger partial charge on any atom is 0.437 e. The molecule has 1 aliphatic carbocycles. The van der Waals surface area contributed by atoms with Crippen molar-refractivity contribution in [3.63, 3.8) is 0 Å². The molecule has 0 N–H and O–H groups in total.